The lowest BCUT2D eigenvalue weighted by molar-refractivity contribution is -0.274. The molecule has 0 bridgehead atoms. The molecule has 1 N–H and O–H groups in total. The van der Waals surface area contributed by atoms with Crippen LogP contribution in [0.25, 0.3) is 10.4 Å². The Bertz CT molecular complexity index is 604. The van der Waals surface area contributed by atoms with Gasteiger partial charge in [0.25, 0.3) is 0 Å². The number of aromatic carboxylic acids is 1. The van der Waals surface area contributed by atoms with E-state index in [9.17, 15) is 18.0 Å². The van der Waals surface area contributed by atoms with Crippen molar-refractivity contribution in [2.75, 3.05) is 0 Å². The molecule has 0 unspecified atom stereocenters. The van der Waals surface area contributed by atoms with Gasteiger partial charge in [0, 0.05) is 4.88 Å². The van der Waals surface area contributed by atoms with Crippen LogP contribution in [0.1, 0.15) is 10.4 Å². The molecule has 0 aliphatic carbocycles. The number of ether oxygens (including phenoxy) is 1. The third-order valence-corrected chi connectivity index (χ3v) is 3.19. The van der Waals surface area contributed by atoms with Crippen LogP contribution in [0.4, 0.5) is 13.2 Å². The molecule has 0 amide bonds. The van der Waals surface area contributed by atoms with Crippen LogP contribution in [-0.2, 0) is 0 Å². The third kappa shape index (κ3) is 3.25. The van der Waals surface area contributed by atoms with Crippen molar-refractivity contribution in [1.82, 2.24) is 0 Å². The highest BCUT2D eigenvalue weighted by atomic mass is 32.1. The van der Waals surface area contributed by atoms with Crippen LogP contribution < -0.4 is 4.74 Å². The van der Waals surface area contributed by atoms with E-state index >= 15 is 0 Å². The van der Waals surface area contributed by atoms with Crippen LogP contribution in [0.5, 0.6) is 5.75 Å². The Morgan fingerprint density at radius 3 is 2.63 bits per heavy atom. The van der Waals surface area contributed by atoms with E-state index in [1.807, 2.05) is 0 Å². The van der Waals surface area contributed by atoms with E-state index in [-0.39, 0.29) is 11.3 Å². The number of carboxylic acids is 1. The van der Waals surface area contributed by atoms with Crippen molar-refractivity contribution in [3.05, 3.63) is 41.3 Å². The molecule has 3 nitrogen and oxygen atoms in total. The van der Waals surface area contributed by atoms with Gasteiger partial charge in [-0.2, -0.15) is 0 Å². The van der Waals surface area contributed by atoms with E-state index in [0.717, 1.165) is 23.5 Å². The zero-order valence-electron chi connectivity index (χ0n) is 9.27. The van der Waals surface area contributed by atoms with Crippen molar-refractivity contribution in [2.24, 2.45) is 0 Å². The lowest BCUT2D eigenvalue weighted by Gasteiger charge is -2.09. The molecule has 0 atom stereocenters. The average Bonchev–Trinajstić information content (AvgIpc) is 2.75. The number of hydrogen-bond acceptors (Lipinski definition) is 3. The Labute approximate surface area is 109 Å². The molecule has 0 saturated carbocycles. The van der Waals surface area contributed by atoms with Gasteiger partial charge in [-0.15, -0.1) is 24.5 Å². The summed E-state index contributed by atoms with van der Waals surface area (Å²) in [5.41, 5.74) is 0.420. The summed E-state index contributed by atoms with van der Waals surface area (Å²) in [5, 5.41) is 10.5. The van der Waals surface area contributed by atoms with Crippen LogP contribution in [0.3, 0.4) is 0 Å². The molecular formula is C12H7F3O3S. The van der Waals surface area contributed by atoms with Crippen LogP contribution in [0.2, 0.25) is 0 Å². The second-order valence-electron chi connectivity index (χ2n) is 3.54. The van der Waals surface area contributed by atoms with Crippen molar-refractivity contribution in [2.45, 2.75) is 6.36 Å². The van der Waals surface area contributed by atoms with Gasteiger partial charge < -0.3 is 9.84 Å². The van der Waals surface area contributed by atoms with E-state index < -0.39 is 12.3 Å². The maximum atomic E-state index is 12.1. The van der Waals surface area contributed by atoms with Gasteiger partial charge in [0.05, 0.1) is 5.56 Å². The van der Waals surface area contributed by atoms with Gasteiger partial charge in [-0.25, -0.2) is 4.79 Å². The topological polar surface area (TPSA) is 46.5 Å². The SMILES string of the molecule is O=C(O)c1ccsc1-c1cccc(OC(F)(F)F)c1. The van der Waals surface area contributed by atoms with Crippen molar-refractivity contribution in [3.8, 4) is 16.2 Å². The molecule has 0 saturated heterocycles. The Hall–Kier alpha value is -2.02. The molecule has 2 aromatic rings. The smallest absolute Gasteiger partial charge is 0.478 e. The Morgan fingerprint density at radius 2 is 2.00 bits per heavy atom. The Balaban J connectivity index is 2.38. The number of carbonyl (C=O) groups is 1. The monoisotopic (exact) mass is 288 g/mol. The number of carboxylic acid groups (broad SMARTS) is 1. The molecule has 7 heteroatoms. The maximum absolute atomic E-state index is 12.1. The molecule has 100 valence electrons. The van der Waals surface area contributed by atoms with E-state index in [4.69, 9.17) is 5.11 Å². The quantitative estimate of drug-likeness (QED) is 0.928. The van der Waals surface area contributed by atoms with Crippen LogP contribution in [-0.4, -0.2) is 17.4 Å². The van der Waals surface area contributed by atoms with Crippen molar-refractivity contribution >= 4 is 17.3 Å². The number of hydrogen-bond donors (Lipinski definition) is 1. The Morgan fingerprint density at radius 1 is 1.26 bits per heavy atom. The van der Waals surface area contributed by atoms with E-state index in [1.165, 1.54) is 18.2 Å². The molecule has 1 aromatic heterocycles. The van der Waals surface area contributed by atoms with Crippen molar-refractivity contribution in [3.63, 3.8) is 0 Å². The number of rotatable bonds is 3. The first-order chi connectivity index (χ1) is 8.87. The second kappa shape index (κ2) is 4.93. The minimum Gasteiger partial charge on any atom is -0.478 e. The summed E-state index contributed by atoms with van der Waals surface area (Å²) < 4.78 is 40.1. The van der Waals surface area contributed by atoms with Gasteiger partial charge in [-0.3, -0.25) is 0 Å². The van der Waals surface area contributed by atoms with Gasteiger partial charge >= 0.3 is 12.3 Å². The first-order valence-electron chi connectivity index (χ1n) is 5.04. The highest BCUT2D eigenvalue weighted by molar-refractivity contribution is 7.14. The normalized spacial score (nSPS) is 11.3. The highest BCUT2D eigenvalue weighted by Gasteiger charge is 2.31. The molecule has 0 spiro atoms. The molecule has 0 aliphatic heterocycles. The molecule has 0 fully saturated rings. The Kier molecular flexibility index (Phi) is 3.48. The van der Waals surface area contributed by atoms with Gasteiger partial charge in [0.15, 0.2) is 0 Å². The number of benzene rings is 1. The third-order valence-electron chi connectivity index (χ3n) is 2.23. The fourth-order valence-electron chi connectivity index (χ4n) is 1.54. The molecule has 0 radical (unpaired) electrons. The minimum absolute atomic E-state index is 0.0501. The summed E-state index contributed by atoms with van der Waals surface area (Å²) >= 11 is 1.14. The van der Waals surface area contributed by atoms with E-state index in [2.05, 4.69) is 4.74 Å². The van der Waals surface area contributed by atoms with Crippen LogP contribution in [0.15, 0.2) is 35.7 Å². The molecule has 1 aromatic carbocycles. The lowest BCUT2D eigenvalue weighted by Crippen LogP contribution is -2.17. The van der Waals surface area contributed by atoms with E-state index in [0.29, 0.717) is 10.4 Å². The molecule has 0 aliphatic rings. The summed E-state index contributed by atoms with van der Waals surface area (Å²) in [6.45, 7) is 0. The molecule has 1 heterocycles. The van der Waals surface area contributed by atoms with Gasteiger partial charge in [0.1, 0.15) is 5.75 Å². The van der Waals surface area contributed by atoms with Gasteiger partial charge in [0.2, 0.25) is 0 Å². The maximum Gasteiger partial charge on any atom is 0.573 e. The summed E-state index contributed by atoms with van der Waals surface area (Å²) in [6, 6.07) is 6.62. The highest BCUT2D eigenvalue weighted by Crippen LogP contribution is 2.33. The summed E-state index contributed by atoms with van der Waals surface area (Å²) in [7, 11) is 0. The minimum atomic E-state index is -4.77. The fourth-order valence-corrected chi connectivity index (χ4v) is 2.42. The number of alkyl halides is 3. The van der Waals surface area contributed by atoms with Crippen molar-refractivity contribution in [1.29, 1.82) is 0 Å². The lowest BCUT2D eigenvalue weighted by atomic mass is 10.1. The van der Waals surface area contributed by atoms with Gasteiger partial charge in [-0.1, -0.05) is 12.1 Å². The number of halogens is 3. The zero-order valence-corrected chi connectivity index (χ0v) is 10.1. The first kappa shape index (κ1) is 13.4. The molecule has 19 heavy (non-hydrogen) atoms. The van der Waals surface area contributed by atoms with Gasteiger partial charge in [-0.05, 0) is 29.1 Å². The number of thiophene rings is 1. The average molecular weight is 288 g/mol. The summed E-state index contributed by atoms with van der Waals surface area (Å²) in [4.78, 5) is 11.4. The molecular weight excluding hydrogens is 281 g/mol. The molecule has 2 rings (SSSR count). The van der Waals surface area contributed by atoms with E-state index in [1.54, 1.807) is 5.38 Å². The summed E-state index contributed by atoms with van der Waals surface area (Å²) in [5.74, 6) is -1.51. The second-order valence-corrected chi connectivity index (χ2v) is 4.46. The zero-order chi connectivity index (χ0) is 14.0. The predicted molar refractivity (Wildman–Crippen MR) is 63.4 cm³/mol. The van der Waals surface area contributed by atoms with Crippen LogP contribution in [0, 0.1) is 0 Å². The standard InChI is InChI=1S/C12H7F3O3S/c13-12(14,15)18-8-3-1-2-7(6-8)10-9(11(16)17)4-5-19-10/h1-6H,(H,16,17). The largest absolute Gasteiger partial charge is 0.573 e. The fraction of sp³-hybridized carbons (Fsp3) is 0.0833. The van der Waals surface area contributed by atoms with Crippen molar-refractivity contribution < 1.29 is 27.8 Å². The predicted octanol–water partition coefficient (Wildman–Crippen LogP) is 4.01. The van der Waals surface area contributed by atoms with Crippen LogP contribution >= 0.6 is 11.3 Å². The first-order valence-corrected chi connectivity index (χ1v) is 5.92. The summed E-state index contributed by atoms with van der Waals surface area (Å²) in [6.07, 6.45) is -4.77.